The molecule has 0 bridgehead atoms. The molecule has 0 saturated carbocycles. The predicted molar refractivity (Wildman–Crippen MR) is 108 cm³/mol. The van der Waals surface area contributed by atoms with Gasteiger partial charge in [-0.1, -0.05) is 38.6 Å². The largest absolute Gasteiger partial charge is 0.495 e. The van der Waals surface area contributed by atoms with E-state index in [1.165, 1.54) is 11.8 Å². The van der Waals surface area contributed by atoms with Crippen molar-refractivity contribution < 1.29 is 9.53 Å². The van der Waals surface area contributed by atoms with Crippen molar-refractivity contribution in [3.63, 3.8) is 0 Å². The second kappa shape index (κ2) is 7.38. The topological polar surface area (TPSA) is 73.2 Å². The van der Waals surface area contributed by atoms with E-state index >= 15 is 0 Å². The minimum Gasteiger partial charge on any atom is -0.495 e. The molecule has 0 spiro atoms. The summed E-state index contributed by atoms with van der Waals surface area (Å²) in [4.78, 5) is 30.0. The summed E-state index contributed by atoms with van der Waals surface area (Å²) in [6, 6.07) is 7.22. The first-order valence-electron chi connectivity index (χ1n) is 8.89. The van der Waals surface area contributed by atoms with Crippen molar-refractivity contribution in [2.75, 3.05) is 18.2 Å². The van der Waals surface area contributed by atoms with Gasteiger partial charge in [-0.15, -0.1) is 0 Å². The highest BCUT2D eigenvalue weighted by Gasteiger charge is 2.29. The SMILES string of the molecule is COc1ccc(C)cc1NC(=O)C1CSc2nc(C(C)(C)C)cc(=O)n2C1. The van der Waals surface area contributed by atoms with E-state index in [1.54, 1.807) is 17.7 Å². The maximum absolute atomic E-state index is 12.8. The Morgan fingerprint density at radius 2 is 2.07 bits per heavy atom. The van der Waals surface area contributed by atoms with Gasteiger partial charge in [-0.3, -0.25) is 14.2 Å². The van der Waals surface area contributed by atoms with Crippen molar-refractivity contribution in [1.82, 2.24) is 9.55 Å². The van der Waals surface area contributed by atoms with Crippen LogP contribution in [0.25, 0.3) is 0 Å². The van der Waals surface area contributed by atoms with Crippen LogP contribution in [-0.4, -0.2) is 28.3 Å². The lowest BCUT2D eigenvalue weighted by Crippen LogP contribution is -2.37. The number of anilines is 1. The lowest BCUT2D eigenvalue weighted by Gasteiger charge is -2.26. The summed E-state index contributed by atoms with van der Waals surface area (Å²) in [6.07, 6.45) is 0. The zero-order valence-corrected chi connectivity index (χ0v) is 17.1. The first-order valence-corrected chi connectivity index (χ1v) is 9.88. The summed E-state index contributed by atoms with van der Waals surface area (Å²) >= 11 is 1.45. The van der Waals surface area contributed by atoms with Crippen molar-refractivity contribution in [2.45, 2.75) is 44.8 Å². The quantitative estimate of drug-likeness (QED) is 0.819. The van der Waals surface area contributed by atoms with Gasteiger partial charge in [0, 0.05) is 23.8 Å². The molecule has 1 N–H and O–H groups in total. The molecule has 6 nitrogen and oxygen atoms in total. The van der Waals surface area contributed by atoms with Crippen LogP contribution in [0.1, 0.15) is 32.0 Å². The van der Waals surface area contributed by atoms with Gasteiger partial charge >= 0.3 is 0 Å². The Labute approximate surface area is 163 Å². The van der Waals surface area contributed by atoms with Gasteiger partial charge in [-0.2, -0.15) is 0 Å². The third kappa shape index (κ3) is 4.18. The van der Waals surface area contributed by atoms with Crippen LogP contribution in [0.5, 0.6) is 5.75 Å². The fourth-order valence-electron chi connectivity index (χ4n) is 2.91. The van der Waals surface area contributed by atoms with E-state index in [2.05, 4.69) is 10.3 Å². The monoisotopic (exact) mass is 387 g/mol. The molecule has 0 radical (unpaired) electrons. The molecule has 1 aromatic heterocycles. The van der Waals surface area contributed by atoms with Gasteiger partial charge in [0.2, 0.25) is 5.91 Å². The lowest BCUT2D eigenvalue weighted by molar-refractivity contribution is -0.119. The van der Waals surface area contributed by atoms with Crippen LogP contribution in [-0.2, 0) is 16.8 Å². The predicted octanol–water partition coefficient (Wildman–Crippen LogP) is 3.22. The molecule has 0 aliphatic carbocycles. The number of benzene rings is 1. The number of carbonyl (C=O) groups is 1. The Morgan fingerprint density at radius 1 is 1.33 bits per heavy atom. The van der Waals surface area contributed by atoms with Crippen LogP contribution >= 0.6 is 11.8 Å². The number of fused-ring (bicyclic) bond motifs is 1. The van der Waals surface area contributed by atoms with Gasteiger partial charge < -0.3 is 10.1 Å². The van der Waals surface area contributed by atoms with Crippen molar-refractivity contribution in [3.8, 4) is 5.75 Å². The maximum atomic E-state index is 12.8. The average Bonchev–Trinajstić information content (AvgIpc) is 2.60. The number of hydrogen-bond donors (Lipinski definition) is 1. The molecular weight excluding hydrogens is 362 g/mol. The number of hydrogen-bond acceptors (Lipinski definition) is 5. The van der Waals surface area contributed by atoms with Crippen LogP contribution < -0.4 is 15.6 Å². The van der Waals surface area contributed by atoms with E-state index in [0.717, 1.165) is 11.3 Å². The Balaban J connectivity index is 1.81. The summed E-state index contributed by atoms with van der Waals surface area (Å²) in [7, 11) is 1.57. The van der Waals surface area contributed by atoms with Crippen molar-refractivity contribution >= 4 is 23.4 Å². The van der Waals surface area contributed by atoms with Crippen LogP contribution in [0.2, 0.25) is 0 Å². The minimum atomic E-state index is -0.312. The second-order valence-electron chi connectivity index (χ2n) is 7.82. The Kier molecular flexibility index (Phi) is 5.33. The standard InChI is InChI=1S/C20H25N3O3S/c1-12-6-7-15(26-5)14(8-12)21-18(25)13-10-23-17(24)9-16(20(2,3)4)22-19(23)27-11-13/h6-9,13H,10-11H2,1-5H3,(H,21,25). The first-order chi connectivity index (χ1) is 12.7. The molecule has 1 aliphatic heterocycles. The number of aromatic nitrogens is 2. The molecule has 7 heteroatoms. The molecule has 1 unspecified atom stereocenters. The van der Waals surface area contributed by atoms with E-state index in [1.807, 2.05) is 45.9 Å². The molecule has 1 atom stereocenters. The molecule has 144 valence electrons. The number of rotatable bonds is 3. The van der Waals surface area contributed by atoms with Crippen LogP contribution in [0.4, 0.5) is 5.69 Å². The van der Waals surface area contributed by atoms with E-state index < -0.39 is 0 Å². The molecule has 0 saturated heterocycles. The average molecular weight is 388 g/mol. The van der Waals surface area contributed by atoms with Gasteiger partial charge in [0.15, 0.2) is 5.16 Å². The molecule has 1 aliphatic rings. The fourth-order valence-corrected chi connectivity index (χ4v) is 4.00. The van der Waals surface area contributed by atoms with Crippen LogP contribution in [0.3, 0.4) is 0 Å². The number of thioether (sulfide) groups is 1. The molecular formula is C20H25N3O3S. The summed E-state index contributed by atoms with van der Waals surface area (Å²) in [5, 5.41) is 3.63. The van der Waals surface area contributed by atoms with E-state index in [4.69, 9.17) is 4.74 Å². The number of nitrogens with one attached hydrogen (secondary N) is 1. The number of carbonyl (C=O) groups excluding carboxylic acids is 1. The third-order valence-corrected chi connectivity index (χ3v) is 5.68. The third-order valence-electron chi connectivity index (χ3n) is 4.54. The lowest BCUT2D eigenvalue weighted by atomic mass is 9.92. The number of nitrogens with zero attached hydrogens (tertiary/aromatic N) is 2. The van der Waals surface area contributed by atoms with Gasteiger partial charge in [0.05, 0.1) is 24.4 Å². The zero-order chi connectivity index (χ0) is 19.8. The van der Waals surface area contributed by atoms with Crippen molar-refractivity contribution in [1.29, 1.82) is 0 Å². The van der Waals surface area contributed by atoms with Gasteiger partial charge in [0.1, 0.15) is 5.75 Å². The highest BCUT2D eigenvalue weighted by atomic mass is 32.2. The number of methoxy groups -OCH3 is 1. The van der Waals surface area contributed by atoms with Crippen LogP contribution in [0.15, 0.2) is 34.2 Å². The molecule has 27 heavy (non-hydrogen) atoms. The van der Waals surface area contributed by atoms with E-state index in [0.29, 0.717) is 28.9 Å². The second-order valence-corrected chi connectivity index (χ2v) is 8.81. The Morgan fingerprint density at radius 3 is 2.74 bits per heavy atom. The van der Waals surface area contributed by atoms with E-state index in [9.17, 15) is 9.59 Å². The smallest absolute Gasteiger partial charge is 0.254 e. The van der Waals surface area contributed by atoms with Gasteiger partial charge in [-0.25, -0.2) is 4.98 Å². The highest BCUT2D eigenvalue weighted by Crippen LogP contribution is 2.30. The van der Waals surface area contributed by atoms with Crippen LogP contribution in [0, 0.1) is 12.8 Å². The minimum absolute atomic E-state index is 0.108. The molecule has 0 fully saturated rings. The number of aryl methyl sites for hydroxylation is 1. The molecule has 2 heterocycles. The number of amides is 1. The molecule has 1 amide bonds. The Hall–Kier alpha value is -2.28. The summed E-state index contributed by atoms with van der Waals surface area (Å²) in [5.41, 5.74) is 2.16. The van der Waals surface area contributed by atoms with E-state index in [-0.39, 0.29) is 22.8 Å². The maximum Gasteiger partial charge on any atom is 0.254 e. The van der Waals surface area contributed by atoms with Crippen molar-refractivity contribution in [3.05, 3.63) is 45.9 Å². The molecule has 3 rings (SSSR count). The highest BCUT2D eigenvalue weighted by molar-refractivity contribution is 7.99. The zero-order valence-electron chi connectivity index (χ0n) is 16.3. The summed E-state index contributed by atoms with van der Waals surface area (Å²) < 4.78 is 6.92. The van der Waals surface area contributed by atoms with Crippen molar-refractivity contribution in [2.24, 2.45) is 5.92 Å². The van der Waals surface area contributed by atoms with Gasteiger partial charge in [-0.05, 0) is 24.6 Å². The molecule has 2 aromatic rings. The normalized spacial score (nSPS) is 16.6. The fraction of sp³-hybridized carbons (Fsp3) is 0.450. The summed E-state index contributed by atoms with van der Waals surface area (Å²) in [5.74, 6) is 0.767. The number of ether oxygens (including phenoxy) is 1. The summed E-state index contributed by atoms with van der Waals surface area (Å²) in [6.45, 7) is 8.39. The molecule has 1 aromatic carbocycles. The Bertz CT molecular complexity index is 931. The first kappa shape index (κ1) is 19.5. The van der Waals surface area contributed by atoms with Gasteiger partial charge in [0.25, 0.3) is 5.56 Å².